The summed E-state index contributed by atoms with van der Waals surface area (Å²) in [5, 5.41) is 3.37. The second-order valence-corrected chi connectivity index (χ2v) is 12.2. The number of halogens is 1. The van der Waals surface area contributed by atoms with Crippen molar-refractivity contribution in [2.75, 3.05) is 18.0 Å². The Morgan fingerprint density at radius 2 is 1.54 bits per heavy atom. The summed E-state index contributed by atoms with van der Waals surface area (Å²) in [7, 11) is -2.59. The lowest BCUT2D eigenvalue weighted by molar-refractivity contribution is -0.140. The fourth-order valence-corrected chi connectivity index (χ4v) is 5.80. The molecule has 2 amide bonds. The molecule has 0 radical (unpaired) electrons. The van der Waals surface area contributed by atoms with Crippen LogP contribution in [0.2, 0.25) is 5.02 Å². The fourth-order valence-electron chi connectivity index (χ4n) is 4.26. The van der Waals surface area contributed by atoms with Crippen molar-refractivity contribution in [3.8, 4) is 5.75 Å². The molecule has 3 aromatic rings. The molecule has 0 saturated carbocycles. The maximum atomic E-state index is 14.1. The predicted octanol–water partition coefficient (Wildman–Crippen LogP) is 5.57. The monoisotopic (exact) mass is 599 g/mol. The first-order chi connectivity index (χ1) is 19.5. The molecule has 10 heteroatoms. The molecule has 0 bridgehead atoms. The number of nitrogens with one attached hydrogen (secondary N) is 1. The van der Waals surface area contributed by atoms with Crippen LogP contribution in [0, 0.1) is 6.92 Å². The average Bonchev–Trinajstić information content (AvgIpc) is 2.96. The SMILES string of the molecule is CC[C@H](C)NC(=O)[C@H](CC)N(Cc1ccc(OC)cc1)C(=O)CN(c1ccc(C)cc1)S(=O)(=O)c1ccc(Cl)cc1. The van der Waals surface area contributed by atoms with Gasteiger partial charge in [0.25, 0.3) is 10.0 Å². The maximum Gasteiger partial charge on any atom is 0.264 e. The molecule has 0 spiro atoms. The first-order valence-electron chi connectivity index (χ1n) is 13.6. The van der Waals surface area contributed by atoms with Crippen LogP contribution in [0.4, 0.5) is 5.69 Å². The van der Waals surface area contributed by atoms with Crippen molar-refractivity contribution in [3.05, 3.63) is 88.9 Å². The van der Waals surface area contributed by atoms with Crippen LogP contribution in [-0.2, 0) is 26.2 Å². The second-order valence-electron chi connectivity index (χ2n) is 9.91. The van der Waals surface area contributed by atoms with Crippen LogP contribution < -0.4 is 14.4 Å². The zero-order chi connectivity index (χ0) is 30.2. The summed E-state index contributed by atoms with van der Waals surface area (Å²) < 4.78 is 34.1. The summed E-state index contributed by atoms with van der Waals surface area (Å²) in [6.07, 6.45) is 1.08. The van der Waals surface area contributed by atoms with Gasteiger partial charge in [0.1, 0.15) is 18.3 Å². The number of amides is 2. The summed E-state index contributed by atoms with van der Waals surface area (Å²) in [6.45, 7) is 7.20. The van der Waals surface area contributed by atoms with E-state index in [4.69, 9.17) is 16.3 Å². The van der Waals surface area contributed by atoms with E-state index in [9.17, 15) is 18.0 Å². The summed E-state index contributed by atoms with van der Waals surface area (Å²) in [6, 6.07) is 19.0. The number of ether oxygens (including phenoxy) is 1. The minimum Gasteiger partial charge on any atom is -0.497 e. The lowest BCUT2D eigenvalue weighted by Crippen LogP contribution is -2.53. The molecule has 8 nitrogen and oxygen atoms in total. The topological polar surface area (TPSA) is 96.0 Å². The van der Waals surface area contributed by atoms with E-state index in [2.05, 4.69) is 5.32 Å². The number of sulfonamides is 1. The highest BCUT2D eigenvalue weighted by Crippen LogP contribution is 2.26. The van der Waals surface area contributed by atoms with E-state index in [1.807, 2.05) is 39.8 Å². The third-order valence-corrected chi connectivity index (χ3v) is 8.94. The lowest BCUT2D eigenvalue weighted by Gasteiger charge is -2.33. The number of nitrogens with zero attached hydrogens (tertiary/aromatic N) is 2. The minimum atomic E-state index is -4.16. The number of hydrogen-bond acceptors (Lipinski definition) is 5. The van der Waals surface area contributed by atoms with Crippen molar-refractivity contribution in [1.82, 2.24) is 10.2 Å². The van der Waals surface area contributed by atoms with Crippen molar-refractivity contribution >= 4 is 39.1 Å². The first-order valence-corrected chi connectivity index (χ1v) is 15.4. The highest BCUT2D eigenvalue weighted by molar-refractivity contribution is 7.92. The molecule has 41 heavy (non-hydrogen) atoms. The molecule has 0 heterocycles. The van der Waals surface area contributed by atoms with Crippen LogP contribution in [0.1, 0.15) is 44.7 Å². The van der Waals surface area contributed by atoms with Gasteiger partial charge in [-0.05, 0) is 80.8 Å². The number of carbonyl (C=O) groups is 2. The zero-order valence-corrected chi connectivity index (χ0v) is 25.7. The number of benzene rings is 3. The molecule has 3 rings (SSSR count). The highest BCUT2D eigenvalue weighted by Gasteiger charge is 2.34. The third-order valence-electron chi connectivity index (χ3n) is 6.90. The van der Waals surface area contributed by atoms with Gasteiger partial charge in [-0.3, -0.25) is 13.9 Å². The number of rotatable bonds is 13. The van der Waals surface area contributed by atoms with Gasteiger partial charge in [0.05, 0.1) is 17.7 Å². The van der Waals surface area contributed by atoms with Crippen molar-refractivity contribution in [1.29, 1.82) is 0 Å². The second kappa shape index (κ2) is 14.4. The number of anilines is 1. The molecular formula is C31H38ClN3O5S. The first kappa shape index (κ1) is 32.0. The fraction of sp³-hybridized carbons (Fsp3) is 0.355. The van der Waals surface area contributed by atoms with Crippen LogP contribution in [0.25, 0.3) is 0 Å². The number of hydrogen-bond donors (Lipinski definition) is 1. The van der Waals surface area contributed by atoms with Gasteiger partial charge >= 0.3 is 0 Å². The Morgan fingerprint density at radius 1 is 0.927 bits per heavy atom. The molecule has 1 N–H and O–H groups in total. The molecule has 3 aromatic carbocycles. The molecule has 0 saturated heterocycles. The van der Waals surface area contributed by atoms with Crippen molar-refractivity contribution in [2.24, 2.45) is 0 Å². The van der Waals surface area contributed by atoms with Gasteiger partial charge in [-0.15, -0.1) is 0 Å². The predicted molar refractivity (Wildman–Crippen MR) is 163 cm³/mol. The summed E-state index contributed by atoms with van der Waals surface area (Å²) in [5.41, 5.74) is 2.05. The number of carbonyl (C=O) groups excluding carboxylic acids is 2. The normalized spacial score (nSPS) is 12.7. The molecule has 0 unspecified atom stereocenters. The van der Waals surface area contributed by atoms with Gasteiger partial charge < -0.3 is 15.0 Å². The van der Waals surface area contributed by atoms with Gasteiger partial charge in [0.2, 0.25) is 11.8 Å². The Morgan fingerprint density at radius 3 is 2.07 bits per heavy atom. The molecule has 2 atom stereocenters. The molecule has 0 aliphatic rings. The van der Waals surface area contributed by atoms with E-state index >= 15 is 0 Å². The smallest absolute Gasteiger partial charge is 0.264 e. The maximum absolute atomic E-state index is 14.1. The Balaban J connectivity index is 2.05. The number of methoxy groups -OCH3 is 1. The highest BCUT2D eigenvalue weighted by atomic mass is 35.5. The van der Waals surface area contributed by atoms with Crippen LogP contribution >= 0.6 is 11.6 Å². The van der Waals surface area contributed by atoms with E-state index < -0.39 is 28.5 Å². The van der Waals surface area contributed by atoms with Gasteiger partial charge in [0, 0.05) is 17.6 Å². The van der Waals surface area contributed by atoms with E-state index in [1.165, 1.54) is 29.2 Å². The van der Waals surface area contributed by atoms with E-state index in [0.717, 1.165) is 21.9 Å². The van der Waals surface area contributed by atoms with Crippen LogP contribution in [0.15, 0.2) is 77.7 Å². The molecule has 0 fully saturated rings. The van der Waals surface area contributed by atoms with Gasteiger partial charge in [-0.1, -0.05) is 55.3 Å². The van der Waals surface area contributed by atoms with Crippen LogP contribution in [0.5, 0.6) is 5.75 Å². The van der Waals surface area contributed by atoms with Crippen LogP contribution in [0.3, 0.4) is 0 Å². The van der Waals surface area contributed by atoms with Crippen LogP contribution in [-0.4, -0.2) is 50.9 Å². The Kier molecular flexibility index (Phi) is 11.2. The largest absolute Gasteiger partial charge is 0.497 e. The Labute approximate surface area is 248 Å². The van der Waals surface area contributed by atoms with Crippen molar-refractivity contribution in [3.63, 3.8) is 0 Å². The van der Waals surface area contributed by atoms with E-state index in [1.54, 1.807) is 43.5 Å². The van der Waals surface area contributed by atoms with Gasteiger partial charge in [-0.2, -0.15) is 0 Å². The zero-order valence-electron chi connectivity index (χ0n) is 24.1. The summed E-state index contributed by atoms with van der Waals surface area (Å²) >= 11 is 6.01. The summed E-state index contributed by atoms with van der Waals surface area (Å²) in [4.78, 5) is 28.9. The lowest BCUT2D eigenvalue weighted by atomic mass is 10.1. The van der Waals surface area contributed by atoms with Gasteiger partial charge in [-0.25, -0.2) is 8.42 Å². The van der Waals surface area contributed by atoms with Crippen molar-refractivity contribution < 1.29 is 22.7 Å². The average molecular weight is 600 g/mol. The molecule has 220 valence electrons. The third kappa shape index (κ3) is 8.24. The van der Waals surface area contributed by atoms with Crippen molar-refractivity contribution in [2.45, 2.75) is 64.1 Å². The molecular weight excluding hydrogens is 562 g/mol. The minimum absolute atomic E-state index is 0.00136. The number of aryl methyl sites for hydroxylation is 1. The standard InChI is InChI=1S/C31H38ClN3O5S/c1-6-23(4)33-31(37)29(7-2)34(20-24-10-16-27(40-5)17-11-24)30(36)21-35(26-14-8-22(3)9-15-26)41(38,39)28-18-12-25(32)13-19-28/h8-19,23,29H,6-7,20-21H2,1-5H3,(H,33,37)/t23-,29-/m0/s1. The molecule has 0 aromatic heterocycles. The quantitative estimate of drug-likeness (QED) is 0.277. The van der Waals surface area contributed by atoms with Gasteiger partial charge in [0.15, 0.2) is 0 Å². The Bertz CT molecular complexity index is 1410. The molecule has 0 aliphatic carbocycles. The van der Waals surface area contributed by atoms with E-state index in [0.29, 0.717) is 22.9 Å². The summed E-state index contributed by atoms with van der Waals surface area (Å²) in [5.74, 6) is -0.135. The van der Waals surface area contributed by atoms with E-state index in [-0.39, 0.29) is 23.4 Å². The Hall–Kier alpha value is -3.56. The molecule has 0 aliphatic heterocycles.